The highest BCUT2D eigenvalue weighted by Crippen LogP contribution is 2.22. The van der Waals surface area contributed by atoms with Crippen LogP contribution in [-0.4, -0.2) is 22.8 Å². The van der Waals surface area contributed by atoms with Crippen molar-refractivity contribution < 1.29 is 19.4 Å². The van der Waals surface area contributed by atoms with Gasteiger partial charge in [0.25, 0.3) is 0 Å². The summed E-state index contributed by atoms with van der Waals surface area (Å²) in [5, 5.41) is 18.4. The van der Waals surface area contributed by atoms with E-state index in [4.69, 9.17) is 33.4 Å². The molecule has 0 bridgehead atoms. The lowest BCUT2D eigenvalue weighted by molar-refractivity contribution is -0.139. The zero-order valence-electron chi connectivity index (χ0n) is 12.8. The first kappa shape index (κ1) is 21.4. The van der Waals surface area contributed by atoms with Crippen LogP contribution in [0.2, 0.25) is 10.0 Å². The van der Waals surface area contributed by atoms with Gasteiger partial charge in [-0.05, 0) is 24.3 Å². The Balaban J connectivity index is 0.000000449. The molecule has 1 unspecified atom stereocenters. The van der Waals surface area contributed by atoms with Gasteiger partial charge in [-0.25, -0.2) is 4.39 Å². The minimum atomic E-state index is -1.27. The Hall–Kier alpha value is -1.62. The average molecular weight is 361 g/mol. The van der Waals surface area contributed by atoms with Crippen molar-refractivity contribution in [2.45, 2.75) is 19.8 Å². The van der Waals surface area contributed by atoms with E-state index in [2.05, 4.69) is 0 Å². The lowest BCUT2D eigenvalue weighted by atomic mass is 10.00. The third kappa shape index (κ3) is 7.98. The second-order valence-corrected chi connectivity index (χ2v) is 4.91. The molecule has 0 radical (unpaired) electrons. The highest BCUT2D eigenvalue weighted by molar-refractivity contribution is 6.30. The van der Waals surface area contributed by atoms with Gasteiger partial charge >= 0.3 is 5.97 Å². The number of hydrogen-bond acceptors (Lipinski definition) is 2. The summed E-state index contributed by atoms with van der Waals surface area (Å²) in [6.45, 7) is 3.36. The molecule has 126 valence electrons. The van der Waals surface area contributed by atoms with Crippen LogP contribution in [0.5, 0.6) is 0 Å². The molecule has 3 nitrogen and oxygen atoms in total. The Kier molecular flexibility index (Phi) is 11.0. The zero-order chi connectivity index (χ0) is 17.8. The van der Waals surface area contributed by atoms with E-state index >= 15 is 0 Å². The van der Waals surface area contributed by atoms with Gasteiger partial charge in [0.15, 0.2) is 0 Å². The number of rotatable bonds is 3. The fraction of sp³-hybridized carbons (Fsp3) is 0.235. The summed E-state index contributed by atoms with van der Waals surface area (Å²) in [6.07, 6.45) is 0. The largest absolute Gasteiger partial charge is 0.481 e. The third-order valence-corrected chi connectivity index (χ3v) is 3.04. The van der Waals surface area contributed by atoms with Crippen molar-refractivity contribution in [2.24, 2.45) is 0 Å². The number of benzene rings is 2. The smallest absolute Gasteiger partial charge is 0.313 e. The van der Waals surface area contributed by atoms with Crippen molar-refractivity contribution in [1.82, 2.24) is 0 Å². The van der Waals surface area contributed by atoms with Crippen LogP contribution in [0.1, 0.15) is 25.3 Å². The molecule has 0 heterocycles. The predicted molar refractivity (Wildman–Crippen MR) is 91.7 cm³/mol. The average Bonchev–Trinajstić information content (AvgIpc) is 2.53. The Morgan fingerprint density at radius 2 is 1.65 bits per heavy atom. The normalized spacial score (nSPS) is 10.5. The first-order chi connectivity index (χ1) is 11.0. The van der Waals surface area contributed by atoms with Crippen molar-refractivity contribution in [1.29, 1.82) is 0 Å². The second-order valence-electron chi connectivity index (χ2n) is 4.03. The van der Waals surface area contributed by atoms with Crippen LogP contribution < -0.4 is 0 Å². The summed E-state index contributed by atoms with van der Waals surface area (Å²) in [5.74, 6) is -3.24. The maximum absolute atomic E-state index is 13.2. The molecule has 0 aliphatic rings. The van der Waals surface area contributed by atoms with Crippen LogP contribution in [0.15, 0.2) is 48.5 Å². The monoisotopic (exact) mass is 360 g/mol. The number of aliphatic hydroxyl groups excluding tert-OH is 1. The molecule has 0 spiro atoms. The summed E-state index contributed by atoms with van der Waals surface area (Å²) in [6, 6.07) is 13.1. The minimum absolute atomic E-state index is 0.0654. The van der Waals surface area contributed by atoms with Crippen molar-refractivity contribution >= 4 is 29.2 Å². The van der Waals surface area contributed by atoms with Crippen molar-refractivity contribution in [3.05, 3.63) is 70.0 Å². The van der Waals surface area contributed by atoms with Crippen LogP contribution in [0.3, 0.4) is 0 Å². The molecule has 2 aromatic carbocycles. The molecule has 0 aromatic heterocycles. The molecule has 0 saturated heterocycles. The standard InChI is InChI=1S/C9H8ClFO3.C6H5Cl.C2H6/c10-5-1-2-6(8(11)3-5)7(4-12)9(13)14;7-6-4-2-1-3-5-6;1-2/h1-3,7,12H,4H2,(H,13,14);1-5H;1-2H3. The zero-order valence-corrected chi connectivity index (χ0v) is 14.4. The molecule has 0 saturated carbocycles. The fourth-order valence-electron chi connectivity index (χ4n) is 1.51. The number of aliphatic hydroxyl groups is 1. The first-order valence-electron chi connectivity index (χ1n) is 6.95. The number of carbonyl (C=O) groups is 1. The molecular formula is C17H19Cl2FO3. The summed E-state index contributed by atoms with van der Waals surface area (Å²) in [5.41, 5.74) is -0.0654. The molecule has 0 aliphatic heterocycles. The van der Waals surface area contributed by atoms with Crippen LogP contribution in [-0.2, 0) is 4.79 Å². The molecular weight excluding hydrogens is 342 g/mol. The number of aliphatic carboxylic acids is 1. The van der Waals surface area contributed by atoms with Gasteiger partial charge in [-0.3, -0.25) is 4.79 Å². The molecule has 1 atom stereocenters. The van der Waals surface area contributed by atoms with E-state index in [1.807, 2.05) is 44.2 Å². The van der Waals surface area contributed by atoms with Crippen LogP contribution in [0, 0.1) is 5.82 Å². The van der Waals surface area contributed by atoms with E-state index in [-0.39, 0.29) is 10.6 Å². The quantitative estimate of drug-likeness (QED) is 0.808. The van der Waals surface area contributed by atoms with Crippen LogP contribution in [0.4, 0.5) is 4.39 Å². The summed E-state index contributed by atoms with van der Waals surface area (Å²) >= 11 is 11.0. The van der Waals surface area contributed by atoms with Gasteiger partial charge in [0.05, 0.1) is 6.61 Å². The van der Waals surface area contributed by atoms with Gasteiger partial charge in [-0.2, -0.15) is 0 Å². The van der Waals surface area contributed by atoms with Crippen LogP contribution >= 0.6 is 23.2 Å². The third-order valence-electron chi connectivity index (χ3n) is 2.55. The van der Waals surface area contributed by atoms with Crippen LogP contribution in [0.25, 0.3) is 0 Å². The number of halogens is 3. The van der Waals surface area contributed by atoms with Crippen molar-refractivity contribution in [2.75, 3.05) is 6.61 Å². The maximum Gasteiger partial charge on any atom is 0.313 e. The molecule has 2 aromatic rings. The summed E-state index contributed by atoms with van der Waals surface area (Å²) in [4.78, 5) is 10.6. The Bertz CT molecular complexity index is 592. The molecule has 2 N–H and O–H groups in total. The topological polar surface area (TPSA) is 57.5 Å². The van der Waals surface area contributed by atoms with E-state index in [1.54, 1.807) is 0 Å². The highest BCUT2D eigenvalue weighted by Gasteiger charge is 2.22. The van der Waals surface area contributed by atoms with E-state index in [0.29, 0.717) is 0 Å². The Labute approximate surface area is 145 Å². The van der Waals surface area contributed by atoms with Gasteiger partial charge in [0.1, 0.15) is 11.7 Å². The summed E-state index contributed by atoms with van der Waals surface area (Å²) < 4.78 is 13.2. The number of carboxylic acid groups (broad SMARTS) is 1. The van der Waals surface area contributed by atoms with Gasteiger partial charge in [0, 0.05) is 15.6 Å². The van der Waals surface area contributed by atoms with E-state index in [9.17, 15) is 9.18 Å². The predicted octanol–water partition coefficient (Wildman–Crippen LogP) is 5.01. The molecule has 2 rings (SSSR count). The molecule has 0 amide bonds. The second kappa shape index (κ2) is 11.9. The lowest BCUT2D eigenvalue weighted by Gasteiger charge is -2.10. The first-order valence-corrected chi connectivity index (χ1v) is 7.70. The van der Waals surface area contributed by atoms with E-state index in [0.717, 1.165) is 11.1 Å². The molecule has 6 heteroatoms. The SMILES string of the molecule is CC.Clc1ccccc1.O=C(O)C(CO)c1ccc(Cl)cc1F. The van der Waals surface area contributed by atoms with E-state index < -0.39 is 24.3 Å². The van der Waals surface area contributed by atoms with E-state index in [1.165, 1.54) is 12.1 Å². The Morgan fingerprint density at radius 3 is 2.00 bits per heavy atom. The van der Waals surface area contributed by atoms with Gasteiger partial charge in [-0.15, -0.1) is 0 Å². The minimum Gasteiger partial charge on any atom is -0.481 e. The molecule has 0 fully saturated rings. The van der Waals surface area contributed by atoms with Gasteiger partial charge in [-0.1, -0.05) is 61.3 Å². The summed E-state index contributed by atoms with van der Waals surface area (Å²) in [7, 11) is 0. The molecule has 0 aliphatic carbocycles. The number of carboxylic acids is 1. The van der Waals surface area contributed by atoms with Gasteiger partial charge < -0.3 is 10.2 Å². The maximum atomic E-state index is 13.2. The Morgan fingerprint density at radius 1 is 1.09 bits per heavy atom. The number of hydrogen-bond donors (Lipinski definition) is 2. The van der Waals surface area contributed by atoms with Crippen molar-refractivity contribution in [3.8, 4) is 0 Å². The van der Waals surface area contributed by atoms with Crippen molar-refractivity contribution in [3.63, 3.8) is 0 Å². The molecule has 23 heavy (non-hydrogen) atoms. The highest BCUT2D eigenvalue weighted by atomic mass is 35.5. The fourth-order valence-corrected chi connectivity index (χ4v) is 1.81. The van der Waals surface area contributed by atoms with Gasteiger partial charge in [0.2, 0.25) is 0 Å². The lowest BCUT2D eigenvalue weighted by Crippen LogP contribution is -2.16.